The van der Waals surface area contributed by atoms with Gasteiger partial charge in [0.2, 0.25) is 0 Å². The zero-order valence-corrected chi connectivity index (χ0v) is 9.53. The Kier molecular flexibility index (Phi) is 1.94. The van der Waals surface area contributed by atoms with Gasteiger partial charge in [-0.1, -0.05) is 0 Å². The van der Waals surface area contributed by atoms with Crippen molar-refractivity contribution in [2.75, 3.05) is 5.73 Å². The lowest BCUT2D eigenvalue weighted by Gasteiger charge is -2.03. The van der Waals surface area contributed by atoms with Crippen molar-refractivity contribution in [2.24, 2.45) is 0 Å². The van der Waals surface area contributed by atoms with Crippen molar-refractivity contribution in [1.82, 2.24) is 14.8 Å². The number of aryl methyl sites for hydroxylation is 1. The molecular weight excluding hydrogens is 220 g/mol. The number of anilines is 1. The van der Waals surface area contributed by atoms with E-state index >= 15 is 0 Å². The summed E-state index contributed by atoms with van der Waals surface area (Å²) < 4.78 is 3.00. The van der Waals surface area contributed by atoms with Crippen molar-refractivity contribution in [3.8, 4) is 5.69 Å². The van der Waals surface area contributed by atoms with Crippen LogP contribution in [0.25, 0.3) is 15.9 Å². The van der Waals surface area contributed by atoms with Crippen LogP contribution < -0.4 is 5.73 Å². The molecule has 0 atom stereocenters. The quantitative estimate of drug-likeness (QED) is 0.698. The molecule has 4 nitrogen and oxygen atoms in total. The summed E-state index contributed by atoms with van der Waals surface area (Å²) in [6.45, 7) is 1.99. The van der Waals surface area contributed by atoms with Gasteiger partial charge in [-0.3, -0.25) is 0 Å². The highest BCUT2D eigenvalue weighted by Gasteiger charge is 2.05. The molecule has 0 bridgehead atoms. The molecule has 0 aliphatic carbocycles. The fraction of sp³-hybridized carbons (Fsp3) is 0.0909. The molecule has 0 spiro atoms. The van der Waals surface area contributed by atoms with E-state index in [2.05, 4.69) is 16.1 Å². The number of rotatable bonds is 1. The molecule has 3 aromatic rings. The Morgan fingerprint density at radius 1 is 1.31 bits per heavy atom. The van der Waals surface area contributed by atoms with Gasteiger partial charge >= 0.3 is 0 Å². The van der Waals surface area contributed by atoms with E-state index in [0.717, 1.165) is 21.6 Å². The van der Waals surface area contributed by atoms with Crippen LogP contribution in [0.2, 0.25) is 0 Å². The standard InChI is InChI=1S/C11H10N4S/c1-7-4-11(12)14-15(7)8-2-3-9-10(5-8)16-6-13-9/h2-6H,1H3,(H2,12,14). The number of nitrogen functional groups attached to an aromatic ring is 1. The summed E-state index contributed by atoms with van der Waals surface area (Å²) in [6.07, 6.45) is 0. The predicted molar refractivity (Wildman–Crippen MR) is 65.9 cm³/mol. The smallest absolute Gasteiger partial charge is 0.146 e. The van der Waals surface area contributed by atoms with E-state index in [1.807, 2.05) is 35.3 Å². The molecule has 0 aliphatic heterocycles. The number of aromatic nitrogens is 3. The first-order chi connectivity index (χ1) is 7.74. The number of thiazole rings is 1. The van der Waals surface area contributed by atoms with Crippen LogP contribution in [0.3, 0.4) is 0 Å². The Balaban J connectivity index is 2.21. The van der Waals surface area contributed by atoms with E-state index in [0.29, 0.717) is 5.82 Å². The predicted octanol–water partition coefficient (Wildman–Crippen LogP) is 2.37. The lowest BCUT2D eigenvalue weighted by Crippen LogP contribution is -1.98. The highest BCUT2D eigenvalue weighted by Crippen LogP contribution is 2.22. The van der Waals surface area contributed by atoms with E-state index in [1.165, 1.54) is 0 Å². The third-order valence-corrected chi connectivity index (χ3v) is 3.26. The Hall–Kier alpha value is -1.88. The van der Waals surface area contributed by atoms with Gasteiger partial charge in [-0.15, -0.1) is 11.3 Å². The highest BCUT2D eigenvalue weighted by atomic mass is 32.1. The number of fused-ring (bicyclic) bond motifs is 1. The van der Waals surface area contributed by atoms with Crippen LogP contribution in [0.4, 0.5) is 5.82 Å². The third kappa shape index (κ3) is 1.37. The van der Waals surface area contributed by atoms with Crippen molar-refractivity contribution in [1.29, 1.82) is 0 Å². The first-order valence-corrected chi connectivity index (χ1v) is 5.78. The second kappa shape index (κ2) is 3.31. The maximum Gasteiger partial charge on any atom is 0.146 e. The monoisotopic (exact) mass is 230 g/mol. The minimum absolute atomic E-state index is 0.543. The van der Waals surface area contributed by atoms with E-state index in [9.17, 15) is 0 Å². The molecule has 0 saturated carbocycles. The van der Waals surface area contributed by atoms with Gasteiger partial charge in [0.05, 0.1) is 21.4 Å². The Morgan fingerprint density at radius 2 is 2.19 bits per heavy atom. The molecule has 0 fully saturated rings. The van der Waals surface area contributed by atoms with Crippen LogP contribution in [-0.4, -0.2) is 14.8 Å². The number of hydrogen-bond donors (Lipinski definition) is 1. The Morgan fingerprint density at radius 3 is 2.94 bits per heavy atom. The average molecular weight is 230 g/mol. The van der Waals surface area contributed by atoms with Gasteiger partial charge in [0.1, 0.15) is 5.82 Å². The molecule has 16 heavy (non-hydrogen) atoms. The molecule has 0 unspecified atom stereocenters. The molecule has 0 saturated heterocycles. The maximum absolute atomic E-state index is 5.67. The molecule has 5 heteroatoms. The fourth-order valence-electron chi connectivity index (χ4n) is 1.74. The molecule has 0 radical (unpaired) electrons. The minimum Gasteiger partial charge on any atom is -0.382 e. The topological polar surface area (TPSA) is 56.7 Å². The largest absolute Gasteiger partial charge is 0.382 e. The summed E-state index contributed by atoms with van der Waals surface area (Å²) in [4.78, 5) is 4.25. The van der Waals surface area contributed by atoms with Crippen molar-refractivity contribution < 1.29 is 0 Å². The highest BCUT2D eigenvalue weighted by molar-refractivity contribution is 7.16. The van der Waals surface area contributed by atoms with Crippen molar-refractivity contribution >= 4 is 27.4 Å². The van der Waals surface area contributed by atoms with Gasteiger partial charge in [-0.05, 0) is 25.1 Å². The molecule has 2 N–H and O–H groups in total. The van der Waals surface area contributed by atoms with Crippen LogP contribution in [0.5, 0.6) is 0 Å². The normalized spacial score (nSPS) is 11.1. The van der Waals surface area contributed by atoms with E-state index in [1.54, 1.807) is 11.3 Å². The zero-order valence-electron chi connectivity index (χ0n) is 8.71. The molecule has 0 amide bonds. The lowest BCUT2D eigenvalue weighted by molar-refractivity contribution is 0.853. The summed E-state index contributed by atoms with van der Waals surface area (Å²) in [6, 6.07) is 7.93. The lowest BCUT2D eigenvalue weighted by atomic mass is 10.3. The van der Waals surface area contributed by atoms with Crippen molar-refractivity contribution in [3.63, 3.8) is 0 Å². The van der Waals surface area contributed by atoms with Crippen LogP contribution in [-0.2, 0) is 0 Å². The second-order valence-electron chi connectivity index (χ2n) is 3.63. The van der Waals surface area contributed by atoms with Gasteiger partial charge in [-0.25, -0.2) is 9.67 Å². The van der Waals surface area contributed by atoms with Gasteiger partial charge in [0, 0.05) is 11.8 Å². The van der Waals surface area contributed by atoms with Crippen LogP contribution in [0.15, 0.2) is 29.8 Å². The molecular formula is C11H10N4S. The van der Waals surface area contributed by atoms with Crippen LogP contribution >= 0.6 is 11.3 Å². The van der Waals surface area contributed by atoms with E-state index in [4.69, 9.17) is 5.73 Å². The third-order valence-electron chi connectivity index (χ3n) is 2.47. The number of nitrogens with zero attached hydrogens (tertiary/aromatic N) is 3. The van der Waals surface area contributed by atoms with Crippen molar-refractivity contribution in [3.05, 3.63) is 35.5 Å². The van der Waals surface area contributed by atoms with Gasteiger partial charge < -0.3 is 5.73 Å². The second-order valence-corrected chi connectivity index (χ2v) is 4.51. The van der Waals surface area contributed by atoms with Crippen LogP contribution in [0, 0.1) is 6.92 Å². The maximum atomic E-state index is 5.67. The van der Waals surface area contributed by atoms with Crippen LogP contribution in [0.1, 0.15) is 5.69 Å². The Bertz CT molecular complexity index is 653. The summed E-state index contributed by atoms with van der Waals surface area (Å²) in [5.41, 5.74) is 10.6. The van der Waals surface area contributed by atoms with Gasteiger partial charge in [0.15, 0.2) is 0 Å². The van der Waals surface area contributed by atoms with E-state index < -0.39 is 0 Å². The average Bonchev–Trinajstić information content (AvgIpc) is 2.83. The molecule has 0 aliphatic rings. The molecule has 80 valence electrons. The number of nitrogens with two attached hydrogens (primary N) is 1. The number of benzene rings is 1. The molecule has 2 aromatic heterocycles. The summed E-state index contributed by atoms with van der Waals surface area (Å²) >= 11 is 1.63. The summed E-state index contributed by atoms with van der Waals surface area (Å²) in [7, 11) is 0. The first kappa shape index (κ1) is 9.35. The zero-order chi connectivity index (χ0) is 11.1. The SMILES string of the molecule is Cc1cc(N)nn1-c1ccc2ncsc2c1. The molecule has 3 rings (SSSR count). The van der Waals surface area contributed by atoms with Gasteiger partial charge in [-0.2, -0.15) is 5.10 Å². The first-order valence-electron chi connectivity index (χ1n) is 4.90. The Labute approximate surface area is 96.3 Å². The minimum atomic E-state index is 0.543. The van der Waals surface area contributed by atoms with Crippen molar-refractivity contribution in [2.45, 2.75) is 6.92 Å². The number of hydrogen-bond acceptors (Lipinski definition) is 4. The summed E-state index contributed by atoms with van der Waals surface area (Å²) in [5, 5.41) is 4.25. The summed E-state index contributed by atoms with van der Waals surface area (Å²) in [5.74, 6) is 0.543. The van der Waals surface area contributed by atoms with E-state index in [-0.39, 0.29) is 0 Å². The molecule has 1 aromatic carbocycles. The molecule has 2 heterocycles. The van der Waals surface area contributed by atoms with Gasteiger partial charge in [0.25, 0.3) is 0 Å². The fourth-order valence-corrected chi connectivity index (χ4v) is 2.45.